The van der Waals surface area contributed by atoms with Gasteiger partial charge >= 0.3 is 5.97 Å². The minimum Gasteiger partial charge on any atom is -0.481 e. The summed E-state index contributed by atoms with van der Waals surface area (Å²) in [6, 6.07) is -0.106. The van der Waals surface area contributed by atoms with Gasteiger partial charge in [0, 0.05) is 13.1 Å². The average molecular weight is 268 g/mol. The van der Waals surface area contributed by atoms with E-state index in [0.29, 0.717) is 19.5 Å². The second kappa shape index (κ2) is 5.49. The summed E-state index contributed by atoms with van der Waals surface area (Å²) in [6.45, 7) is 5.68. The summed E-state index contributed by atoms with van der Waals surface area (Å²) in [4.78, 5) is 25.7. The van der Waals surface area contributed by atoms with Crippen LogP contribution in [0.1, 0.15) is 39.5 Å². The molecule has 2 aliphatic rings. The molecule has 2 N–H and O–H groups in total. The third-order valence-electron chi connectivity index (χ3n) is 4.75. The number of carbonyl (C=O) groups excluding carboxylic acids is 1. The predicted molar refractivity (Wildman–Crippen MR) is 71.7 cm³/mol. The van der Waals surface area contributed by atoms with Crippen molar-refractivity contribution in [3.63, 3.8) is 0 Å². The molecular weight excluding hydrogens is 244 g/mol. The summed E-state index contributed by atoms with van der Waals surface area (Å²) in [5, 5.41) is 12.7. The van der Waals surface area contributed by atoms with Gasteiger partial charge in [-0.1, -0.05) is 20.3 Å². The van der Waals surface area contributed by atoms with Crippen molar-refractivity contribution >= 4 is 11.9 Å². The minimum absolute atomic E-state index is 0.0436. The third kappa shape index (κ3) is 2.61. The highest BCUT2D eigenvalue weighted by molar-refractivity contribution is 5.84. The van der Waals surface area contributed by atoms with Crippen LogP contribution in [0.5, 0.6) is 0 Å². The number of nitrogens with one attached hydrogen (secondary N) is 1. The van der Waals surface area contributed by atoms with Crippen LogP contribution in [0.25, 0.3) is 0 Å². The minimum atomic E-state index is -0.769. The first kappa shape index (κ1) is 14.3. The Morgan fingerprint density at radius 2 is 2.11 bits per heavy atom. The number of hydrogen-bond donors (Lipinski definition) is 2. The lowest BCUT2D eigenvalue weighted by molar-refractivity contribution is -0.151. The van der Waals surface area contributed by atoms with Crippen LogP contribution >= 0.6 is 0 Å². The van der Waals surface area contributed by atoms with E-state index >= 15 is 0 Å². The maximum atomic E-state index is 12.4. The lowest BCUT2D eigenvalue weighted by atomic mass is 9.76. The van der Waals surface area contributed by atoms with E-state index in [1.807, 2.05) is 13.8 Å². The summed E-state index contributed by atoms with van der Waals surface area (Å²) in [5.74, 6) is -0.639. The van der Waals surface area contributed by atoms with Gasteiger partial charge in [0.15, 0.2) is 0 Å². The fourth-order valence-electron chi connectivity index (χ4n) is 3.20. The molecule has 108 valence electrons. The van der Waals surface area contributed by atoms with Crippen molar-refractivity contribution in [3.05, 3.63) is 0 Å². The summed E-state index contributed by atoms with van der Waals surface area (Å²) in [6.07, 6.45) is 3.63. The van der Waals surface area contributed by atoms with Crippen LogP contribution < -0.4 is 5.32 Å². The number of rotatable bonds is 3. The van der Waals surface area contributed by atoms with E-state index in [0.717, 1.165) is 25.8 Å². The van der Waals surface area contributed by atoms with Crippen LogP contribution in [0, 0.1) is 11.3 Å². The first-order valence-electron chi connectivity index (χ1n) is 7.23. The fourth-order valence-corrected chi connectivity index (χ4v) is 3.20. The molecule has 2 saturated heterocycles. The molecule has 1 amide bonds. The van der Waals surface area contributed by atoms with E-state index in [1.54, 1.807) is 4.90 Å². The van der Waals surface area contributed by atoms with Crippen LogP contribution in [0.15, 0.2) is 0 Å². The van der Waals surface area contributed by atoms with Crippen molar-refractivity contribution in [3.8, 4) is 0 Å². The van der Waals surface area contributed by atoms with Crippen LogP contribution in [0.2, 0.25) is 0 Å². The molecule has 0 radical (unpaired) electrons. The Bertz CT molecular complexity index is 364. The molecule has 2 heterocycles. The molecule has 0 aliphatic carbocycles. The molecule has 0 aromatic rings. The zero-order chi connectivity index (χ0) is 14.0. The van der Waals surface area contributed by atoms with Gasteiger partial charge in [0.05, 0.1) is 11.5 Å². The van der Waals surface area contributed by atoms with Gasteiger partial charge in [0.25, 0.3) is 0 Å². The monoisotopic (exact) mass is 268 g/mol. The van der Waals surface area contributed by atoms with E-state index in [2.05, 4.69) is 5.32 Å². The Morgan fingerprint density at radius 3 is 2.58 bits per heavy atom. The molecule has 2 atom stereocenters. The van der Waals surface area contributed by atoms with Crippen molar-refractivity contribution in [1.29, 1.82) is 0 Å². The van der Waals surface area contributed by atoms with Crippen molar-refractivity contribution in [2.24, 2.45) is 11.3 Å². The molecule has 0 spiro atoms. The van der Waals surface area contributed by atoms with Gasteiger partial charge in [0.2, 0.25) is 5.91 Å². The molecule has 19 heavy (non-hydrogen) atoms. The Morgan fingerprint density at radius 1 is 1.37 bits per heavy atom. The van der Waals surface area contributed by atoms with Gasteiger partial charge in [-0.2, -0.15) is 0 Å². The lowest BCUT2D eigenvalue weighted by Crippen LogP contribution is -2.49. The van der Waals surface area contributed by atoms with Gasteiger partial charge in [-0.05, 0) is 31.7 Å². The smallest absolute Gasteiger partial charge is 0.311 e. The van der Waals surface area contributed by atoms with E-state index < -0.39 is 11.4 Å². The zero-order valence-electron chi connectivity index (χ0n) is 11.8. The molecule has 0 aromatic heterocycles. The van der Waals surface area contributed by atoms with Crippen molar-refractivity contribution in [2.75, 3.05) is 19.6 Å². The highest BCUT2D eigenvalue weighted by Gasteiger charge is 2.49. The number of carbonyl (C=O) groups is 2. The second-order valence-electron chi connectivity index (χ2n) is 6.13. The van der Waals surface area contributed by atoms with Crippen LogP contribution in [-0.4, -0.2) is 47.6 Å². The Labute approximate surface area is 114 Å². The molecule has 0 saturated carbocycles. The first-order chi connectivity index (χ1) is 8.97. The SMILES string of the molecule is CC(C)C1(C(=O)O)CCN(C(=O)[C@H]2CCCCN2)C1. The molecule has 5 heteroatoms. The van der Waals surface area contributed by atoms with Gasteiger partial charge in [-0.15, -0.1) is 0 Å². The number of amides is 1. The predicted octanol–water partition coefficient (Wildman–Crippen LogP) is 1.09. The number of hydrogen-bond acceptors (Lipinski definition) is 3. The quantitative estimate of drug-likeness (QED) is 0.804. The number of carboxylic acids is 1. The fraction of sp³-hybridized carbons (Fsp3) is 0.857. The first-order valence-corrected chi connectivity index (χ1v) is 7.23. The van der Waals surface area contributed by atoms with E-state index in [1.165, 1.54) is 0 Å². The highest BCUT2D eigenvalue weighted by Crippen LogP contribution is 2.38. The number of carboxylic acid groups (broad SMARTS) is 1. The normalized spacial score (nSPS) is 31.7. The summed E-state index contributed by atoms with van der Waals surface area (Å²) >= 11 is 0. The number of piperidine rings is 1. The van der Waals surface area contributed by atoms with E-state index in [-0.39, 0.29) is 17.9 Å². The molecule has 2 fully saturated rings. The standard InChI is InChI=1S/C14H24N2O3/c1-10(2)14(13(18)19)6-8-16(9-14)12(17)11-5-3-4-7-15-11/h10-11,15H,3-9H2,1-2H3,(H,18,19)/t11-,14?/m1/s1. The number of aliphatic carboxylic acids is 1. The van der Waals surface area contributed by atoms with Crippen LogP contribution in [0.3, 0.4) is 0 Å². The zero-order valence-corrected chi connectivity index (χ0v) is 11.8. The van der Waals surface area contributed by atoms with Crippen molar-refractivity contribution < 1.29 is 14.7 Å². The molecular formula is C14H24N2O3. The van der Waals surface area contributed by atoms with E-state index in [4.69, 9.17) is 0 Å². The maximum Gasteiger partial charge on any atom is 0.311 e. The second-order valence-corrected chi connectivity index (χ2v) is 6.13. The number of likely N-dealkylation sites (tertiary alicyclic amines) is 1. The summed E-state index contributed by atoms with van der Waals surface area (Å²) < 4.78 is 0. The van der Waals surface area contributed by atoms with Gasteiger partial charge in [-0.3, -0.25) is 9.59 Å². The molecule has 2 rings (SSSR count). The van der Waals surface area contributed by atoms with Crippen LogP contribution in [-0.2, 0) is 9.59 Å². The largest absolute Gasteiger partial charge is 0.481 e. The highest BCUT2D eigenvalue weighted by atomic mass is 16.4. The Hall–Kier alpha value is -1.10. The average Bonchev–Trinajstić information content (AvgIpc) is 2.85. The molecule has 2 aliphatic heterocycles. The molecule has 0 aromatic carbocycles. The molecule has 0 bridgehead atoms. The van der Waals surface area contributed by atoms with Crippen LogP contribution in [0.4, 0.5) is 0 Å². The maximum absolute atomic E-state index is 12.4. The van der Waals surface area contributed by atoms with Gasteiger partial charge in [-0.25, -0.2) is 0 Å². The lowest BCUT2D eigenvalue weighted by Gasteiger charge is -2.31. The third-order valence-corrected chi connectivity index (χ3v) is 4.75. The summed E-state index contributed by atoms with van der Waals surface area (Å²) in [7, 11) is 0. The number of nitrogens with zero attached hydrogens (tertiary/aromatic N) is 1. The Balaban J connectivity index is 2.04. The topological polar surface area (TPSA) is 69.6 Å². The Kier molecular flexibility index (Phi) is 4.13. The van der Waals surface area contributed by atoms with Crippen molar-refractivity contribution in [2.45, 2.75) is 45.6 Å². The van der Waals surface area contributed by atoms with Crippen molar-refractivity contribution in [1.82, 2.24) is 10.2 Å². The van der Waals surface area contributed by atoms with Gasteiger partial charge < -0.3 is 15.3 Å². The molecule has 5 nitrogen and oxygen atoms in total. The summed E-state index contributed by atoms with van der Waals surface area (Å²) in [5.41, 5.74) is -0.760. The van der Waals surface area contributed by atoms with E-state index in [9.17, 15) is 14.7 Å². The molecule has 1 unspecified atom stereocenters. The van der Waals surface area contributed by atoms with Gasteiger partial charge in [0.1, 0.15) is 0 Å².